The predicted octanol–water partition coefficient (Wildman–Crippen LogP) is 3.04. The molecule has 0 bridgehead atoms. The fourth-order valence-electron chi connectivity index (χ4n) is 1.41. The van der Waals surface area contributed by atoms with Gasteiger partial charge in [0.1, 0.15) is 0 Å². The lowest BCUT2D eigenvalue weighted by atomic mass is 10.2. The summed E-state index contributed by atoms with van der Waals surface area (Å²) in [4.78, 5) is 14.3. The highest BCUT2D eigenvalue weighted by Crippen LogP contribution is 2.20. The van der Waals surface area contributed by atoms with E-state index in [1.165, 1.54) is 12.1 Å². The van der Waals surface area contributed by atoms with Crippen molar-refractivity contribution in [1.29, 1.82) is 0 Å². The third-order valence-electron chi connectivity index (χ3n) is 2.21. The molecule has 0 spiro atoms. The average Bonchev–Trinajstić information content (AvgIpc) is 2.79. The molecule has 0 saturated heterocycles. The number of rotatable bonds is 3. The number of benzene rings is 1. The van der Waals surface area contributed by atoms with Crippen molar-refractivity contribution >= 4 is 17.6 Å². The zero-order chi connectivity index (χ0) is 11.4. The predicted molar refractivity (Wildman–Crippen MR) is 63.0 cm³/mol. The number of allylic oxidation sites excluding steroid dienone is 4. The lowest BCUT2D eigenvalue weighted by Gasteiger charge is -1.96. The number of nitro groups is 1. The topological polar surface area (TPSA) is 55.5 Å². The van der Waals surface area contributed by atoms with Crippen molar-refractivity contribution in [1.82, 2.24) is 0 Å². The molecule has 0 radical (unpaired) electrons. The molecule has 0 aromatic heterocycles. The molecule has 0 unspecified atom stereocenters. The number of hydrogen-bond donors (Lipinski definition) is 0. The highest BCUT2D eigenvalue weighted by atomic mass is 16.6. The van der Waals surface area contributed by atoms with E-state index in [1.807, 2.05) is 24.3 Å². The second-order valence-electron chi connectivity index (χ2n) is 3.40. The maximum absolute atomic E-state index is 10.5. The fourth-order valence-corrected chi connectivity index (χ4v) is 1.41. The zero-order valence-electron chi connectivity index (χ0n) is 8.48. The van der Waals surface area contributed by atoms with Gasteiger partial charge in [0, 0.05) is 24.3 Å². The Labute approximate surface area is 92.8 Å². The van der Waals surface area contributed by atoms with Crippen LogP contribution in [0.5, 0.6) is 0 Å². The van der Waals surface area contributed by atoms with Crippen molar-refractivity contribution in [3.8, 4) is 0 Å². The molecule has 4 heteroatoms. The second kappa shape index (κ2) is 4.53. The molecule has 4 nitrogen and oxygen atoms in total. The van der Waals surface area contributed by atoms with Crippen LogP contribution in [0.15, 0.2) is 53.6 Å². The largest absolute Gasteiger partial charge is 0.271 e. The lowest BCUT2D eigenvalue weighted by molar-refractivity contribution is -0.384. The molecule has 80 valence electrons. The van der Waals surface area contributed by atoms with E-state index in [0.29, 0.717) is 5.69 Å². The van der Waals surface area contributed by atoms with Gasteiger partial charge in [-0.05, 0) is 6.07 Å². The van der Waals surface area contributed by atoms with Crippen LogP contribution in [0.2, 0.25) is 0 Å². The van der Waals surface area contributed by atoms with Crippen molar-refractivity contribution in [2.24, 2.45) is 10.9 Å². The SMILES string of the molecule is O=[N+]([O-])c1cccc(N=CC2C=CC=C2)c1. The van der Waals surface area contributed by atoms with Gasteiger partial charge in [-0.1, -0.05) is 30.4 Å². The van der Waals surface area contributed by atoms with Crippen molar-refractivity contribution < 1.29 is 4.92 Å². The van der Waals surface area contributed by atoms with Gasteiger partial charge in [0.05, 0.1) is 10.6 Å². The monoisotopic (exact) mass is 214 g/mol. The molecule has 16 heavy (non-hydrogen) atoms. The first-order valence-corrected chi connectivity index (χ1v) is 4.89. The quantitative estimate of drug-likeness (QED) is 0.441. The summed E-state index contributed by atoms with van der Waals surface area (Å²) in [6, 6.07) is 6.28. The number of hydrogen-bond acceptors (Lipinski definition) is 3. The molecule has 0 N–H and O–H groups in total. The van der Waals surface area contributed by atoms with E-state index >= 15 is 0 Å². The van der Waals surface area contributed by atoms with Crippen LogP contribution in [0.1, 0.15) is 0 Å². The van der Waals surface area contributed by atoms with Gasteiger partial charge in [-0.25, -0.2) is 0 Å². The normalized spacial score (nSPS) is 15.0. The first-order valence-electron chi connectivity index (χ1n) is 4.89. The third kappa shape index (κ3) is 2.42. The molecule has 1 aliphatic carbocycles. The first-order chi connectivity index (χ1) is 7.75. The average molecular weight is 214 g/mol. The number of aliphatic imine (C=N–C) groups is 1. The molecular weight excluding hydrogens is 204 g/mol. The molecule has 0 aliphatic heterocycles. The minimum atomic E-state index is -0.422. The summed E-state index contributed by atoms with van der Waals surface area (Å²) in [6.07, 6.45) is 9.66. The number of nitro benzene ring substituents is 1. The van der Waals surface area contributed by atoms with Crippen LogP contribution in [-0.4, -0.2) is 11.1 Å². The van der Waals surface area contributed by atoms with Crippen molar-refractivity contribution in [2.75, 3.05) is 0 Å². The van der Waals surface area contributed by atoms with Gasteiger partial charge < -0.3 is 0 Å². The van der Waals surface area contributed by atoms with Crippen molar-refractivity contribution in [2.45, 2.75) is 0 Å². The van der Waals surface area contributed by atoms with E-state index in [-0.39, 0.29) is 11.6 Å². The summed E-state index contributed by atoms with van der Waals surface area (Å²) in [5.74, 6) is 0.194. The van der Waals surface area contributed by atoms with E-state index in [4.69, 9.17) is 0 Å². The molecule has 1 aromatic carbocycles. The summed E-state index contributed by atoms with van der Waals surface area (Å²) in [5.41, 5.74) is 0.662. The zero-order valence-corrected chi connectivity index (χ0v) is 8.48. The van der Waals surface area contributed by atoms with Gasteiger partial charge >= 0.3 is 0 Å². The Bertz CT molecular complexity index is 478. The van der Waals surface area contributed by atoms with E-state index in [9.17, 15) is 10.1 Å². The minimum Gasteiger partial charge on any atom is -0.260 e. The second-order valence-corrected chi connectivity index (χ2v) is 3.40. The van der Waals surface area contributed by atoms with Crippen LogP contribution >= 0.6 is 0 Å². The third-order valence-corrected chi connectivity index (χ3v) is 2.21. The summed E-state index contributed by atoms with van der Waals surface area (Å²) in [7, 11) is 0. The van der Waals surface area contributed by atoms with Gasteiger partial charge in [-0.2, -0.15) is 0 Å². The van der Waals surface area contributed by atoms with Crippen LogP contribution in [0, 0.1) is 16.0 Å². The van der Waals surface area contributed by atoms with Gasteiger partial charge in [0.25, 0.3) is 5.69 Å². The lowest BCUT2D eigenvalue weighted by Crippen LogP contribution is -1.89. The molecule has 2 rings (SSSR count). The first kappa shape index (κ1) is 10.3. The molecule has 0 saturated carbocycles. The van der Waals surface area contributed by atoms with Gasteiger partial charge in [0.2, 0.25) is 0 Å². The van der Waals surface area contributed by atoms with Gasteiger partial charge in [-0.15, -0.1) is 0 Å². The van der Waals surface area contributed by atoms with Crippen LogP contribution in [0.4, 0.5) is 11.4 Å². The Kier molecular flexibility index (Phi) is 2.91. The fraction of sp³-hybridized carbons (Fsp3) is 0.0833. The van der Waals surface area contributed by atoms with E-state index in [0.717, 1.165) is 0 Å². The molecule has 0 heterocycles. The van der Waals surface area contributed by atoms with Crippen molar-refractivity contribution in [3.63, 3.8) is 0 Å². The molecule has 0 fully saturated rings. The standard InChI is InChI=1S/C12H10N2O2/c15-14(16)12-7-3-6-11(8-12)13-9-10-4-1-2-5-10/h1-10H. The Hall–Kier alpha value is -2.23. The Balaban J connectivity index is 2.15. The van der Waals surface area contributed by atoms with Crippen LogP contribution < -0.4 is 0 Å². The summed E-state index contributed by atoms with van der Waals surface area (Å²) in [6.45, 7) is 0. The van der Waals surface area contributed by atoms with Gasteiger partial charge in [-0.3, -0.25) is 15.1 Å². The summed E-state index contributed by atoms with van der Waals surface area (Å²) >= 11 is 0. The molecular formula is C12H10N2O2. The molecule has 1 aromatic rings. The van der Waals surface area contributed by atoms with Gasteiger partial charge in [0.15, 0.2) is 0 Å². The van der Waals surface area contributed by atoms with E-state index in [2.05, 4.69) is 4.99 Å². The maximum atomic E-state index is 10.5. The number of non-ortho nitro benzene ring substituents is 1. The molecule has 1 aliphatic rings. The molecule has 0 amide bonds. The van der Waals surface area contributed by atoms with E-state index < -0.39 is 4.92 Å². The van der Waals surface area contributed by atoms with Crippen LogP contribution in [-0.2, 0) is 0 Å². The van der Waals surface area contributed by atoms with Crippen molar-refractivity contribution in [3.05, 3.63) is 58.7 Å². The van der Waals surface area contributed by atoms with Crippen LogP contribution in [0.25, 0.3) is 0 Å². The maximum Gasteiger partial charge on any atom is 0.271 e. The van der Waals surface area contributed by atoms with E-state index in [1.54, 1.807) is 18.3 Å². The number of nitrogens with zero attached hydrogens (tertiary/aromatic N) is 2. The Morgan fingerprint density at radius 3 is 2.75 bits per heavy atom. The Morgan fingerprint density at radius 2 is 2.06 bits per heavy atom. The summed E-state index contributed by atoms with van der Waals surface area (Å²) < 4.78 is 0. The molecule has 0 atom stereocenters. The Morgan fingerprint density at radius 1 is 1.31 bits per heavy atom. The highest BCUT2D eigenvalue weighted by molar-refractivity contribution is 5.71. The minimum absolute atomic E-state index is 0.0622. The summed E-state index contributed by atoms with van der Waals surface area (Å²) in [5, 5.41) is 10.5. The highest BCUT2D eigenvalue weighted by Gasteiger charge is 2.05. The van der Waals surface area contributed by atoms with Crippen LogP contribution in [0.3, 0.4) is 0 Å². The smallest absolute Gasteiger partial charge is 0.260 e.